The van der Waals surface area contributed by atoms with Gasteiger partial charge in [-0.15, -0.1) is 15.7 Å². The van der Waals surface area contributed by atoms with Crippen LogP contribution in [0.5, 0.6) is 5.75 Å². The largest absolute Gasteiger partial charge is 0.479 e. The summed E-state index contributed by atoms with van der Waals surface area (Å²) in [5, 5.41) is 0.183. The van der Waals surface area contributed by atoms with Crippen LogP contribution in [0.1, 0.15) is 18.1 Å². The molecule has 0 aliphatic carbocycles. The van der Waals surface area contributed by atoms with Crippen LogP contribution in [0.2, 0.25) is 0 Å². The van der Waals surface area contributed by atoms with Gasteiger partial charge in [-0.2, -0.15) is 0 Å². The lowest BCUT2D eigenvalue weighted by molar-refractivity contribution is -0.125. The fraction of sp³-hybridized carbons (Fsp3) is 0.250. The van der Waals surface area contributed by atoms with Gasteiger partial charge < -0.3 is 4.74 Å². The Hall–Kier alpha value is -2.44. The molecule has 3 nitrogen and oxygen atoms in total. The summed E-state index contributed by atoms with van der Waals surface area (Å²) in [5.74, 6) is 1.70. The average Bonchev–Trinajstić information content (AvgIpc) is 2.62. The van der Waals surface area contributed by atoms with E-state index < -0.39 is 17.7 Å². The summed E-state index contributed by atoms with van der Waals surface area (Å²) in [5.41, 5.74) is 1.54. The van der Waals surface area contributed by atoms with Crippen molar-refractivity contribution in [2.24, 2.45) is 0 Å². The van der Waals surface area contributed by atoms with Crippen molar-refractivity contribution in [3.63, 3.8) is 0 Å². The van der Waals surface area contributed by atoms with Gasteiger partial charge in [-0.05, 0) is 49.6 Å². The zero-order valence-electron chi connectivity index (χ0n) is 14.7. The number of nitrogens with zero attached hydrogens (tertiary/aromatic N) is 1. The Morgan fingerprint density at radius 3 is 2.62 bits per heavy atom. The molecule has 26 heavy (non-hydrogen) atoms. The van der Waals surface area contributed by atoms with Crippen molar-refractivity contribution in [2.45, 2.75) is 26.9 Å². The summed E-state index contributed by atoms with van der Waals surface area (Å²) in [4.78, 5) is 13.8. The molecule has 3 rings (SSSR count). The number of hydrogen-bond donors (Lipinski definition) is 0. The van der Waals surface area contributed by atoms with E-state index in [-0.39, 0.29) is 34.4 Å². The Labute approximate surface area is 153 Å². The molecule has 2 atom stereocenters. The van der Waals surface area contributed by atoms with Crippen LogP contribution in [-0.4, -0.2) is 18.6 Å². The lowest BCUT2D eigenvalue weighted by atomic mass is 9.96. The van der Waals surface area contributed by atoms with Crippen molar-refractivity contribution in [1.82, 2.24) is 0 Å². The summed E-state index contributed by atoms with van der Waals surface area (Å²) in [7, 11) is 2.24. The molecule has 6 heteroatoms. The van der Waals surface area contributed by atoms with Gasteiger partial charge >= 0.3 is 0 Å². The van der Waals surface area contributed by atoms with Crippen LogP contribution >= 0.6 is 9.24 Å². The first-order valence-electron chi connectivity index (χ1n) is 8.07. The first-order chi connectivity index (χ1) is 12.3. The van der Waals surface area contributed by atoms with Gasteiger partial charge in [0.05, 0.1) is 12.2 Å². The minimum atomic E-state index is -0.657. The highest BCUT2D eigenvalue weighted by Crippen LogP contribution is 2.39. The van der Waals surface area contributed by atoms with E-state index in [1.165, 1.54) is 18.7 Å². The van der Waals surface area contributed by atoms with E-state index in [1.807, 2.05) is 0 Å². The van der Waals surface area contributed by atoms with Crippen LogP contribution < -0.4 is 14.9 Å². The fourth-order valence-corrected chi connectivity index (χ4v) is 3.40. The molecule has 0 fully saturated rings. The zero-order valence-corrected chi connectivity index (χ0v) is 15.8. The molecule has 0 N–H and O–H groups in total. The number of carbonyl (C=O) groups is 1. The molecule has 2 aromatic carbocycles. The second-order valence-electron chi connectivity index (χ2n) is 6.24. The molecule has 0 spiro atoms. The molecule has 2 aromatic rings. The number of fused-ring (bicyclic) bond motifs is 1. The Morgan fingerprint density at radius 1 is 1.27 bits per heavy atom. The van der Waals surface area contributed by atoms with Crippen molar-refractivity contribution in [2.75, 3.05) is 11.4 Å². The van der Waals surface area contributed by atoms with Crippen molar-refractivity contribution >= 4 is 26.1 Å². The quantitative estimate of drug-likeness (QED) is 0.596. The average molecular weight is 373 g/mol. The van der Waals surface area contributed by atoms with E-state index in [0.29, 0.717) is 17.0 Å². The normalized spacial score (nSPS) is 16.1. The first-order valence-corrected chi connectivity index (χ1v) is 8.65. The standard InChI is InChI=1S/C20H18F2NO2P/c1-5-8-23-14-9-13(6-7-15(14)25-12(4)20(23)24)16-10(2)17(21)11(3)19(26)18(16)22/h1,6-7,9,12H,8,26H2,2-4H3/t12-/m1/s1. The summed E-state index contributed by atoms with van der Waals surface area (Å²) in [6.07, 6.45) is 4.72. The Balaban J connectivity index is 2.23. The second kappa shape index (κ2) is 6.70. The monoisotopic (exact) mass is 373 g/mol. The van der Waals surface area contributed by atoms with Gasteiger partial charge in [0.15, 0.2) is 6.10 Å². The molecule has 0 bridgehead atoms. The number of benzene rings is 2. The molecule has 134 valence electrons. The summed E-state index contributed by atoms with van der Waals surface area (Å²) < 4.78 is 35.0. The predicted molar refractivity (Wildman–Crippen MR) is 102 cm³/mol. The van der Waals surface area contributed by atoms with Crippen molar-refractivity contribution in [3.05, 3.63) is 41.0 Å². The maximum Gasteiger partial charge on any atom is 0.268 e. The van der Waals surface area contributed by atoms with Crippen LogP contribution in [0, 0.1) is 37.8 Å². The highest BCUT2D eigenvalue weighted by atomic mass is 31.0. The molecule has 1 amide bonds. The van der Waals surface area contributed by atoms with Gasteiger partial charge in [-0.25, -0.2) is 8.78 Å². The summed E-state index contributed by atoms with van der Waals surface area (Å²) >= 11 is 0. The van der Waals surface area contributed by atoms with Crippen LogP contribution in [0.25, 0.3) is 11.1 Å². The van der Waals surface area contributed by atoms with E-state index in [4.69, 9.17) is 11.2 Å². The molecular weight excluding hydrogens is 355 g/mol. The minimum absolute atomic E-state index is 0.0710. The lowest BCUT2D eigenvalue weighted by Gasteiger charge is -2.32. The number of amides is 1. The van der Waals surface area contributed by atoms with E-state index in [1.54, 1.807) is 25.1 Å². The number of anilines is 1. The van der Waals surface area contributed by atoms with Crippen molar-refractivity contribution < 1.29 is 18.3 Å². The van der Waals surface area contributed by atoms with E-state index in [9.17, 15) is 13.6 Å². The van der Waals surface area contributed by atoms with Gasteiger partial charge in [0.2, 0.25) is 0 Å². The number of halogens is 2. The number of rotatable bonds is 2. The van der Waals surface area contributed by atoms with Gasteiger partial charge in [0.25, 0.3) is 5.91 Å². The molecule has 1 aliphatic rings. The highest BCUT2D eigenvalue weighted by Gasteiger charge is 2.31. The Morgan fingerprint density at radius 2 is 1.96 bits per heavy atom. The minimum Gasteiger partial charge on any atom is -0.479 e. The second-order valence-corrected chi connectivity index (χ2v) is 6.82. The van der Waals surface area contributed by atoms with E-state index in [2.05, 4.69) is 15.2 Å². The third kappa shape index (κ3) is 2.75. The molecule has 1 unspecified atom stereocenters. The molecule has 0 radical (unpaired) electrons. The van der Waals surface area contributed by atoms with Gasteiger partial charge in [-0.3, -0.25) is 9.69 Å². The highest BCUT2D eigenvalue weighted by molar-refractivity contribution is 7.27. The zero-order chi connectivity index (χ0) is 19.2. The fourth-order valence-electron chi connectivity index (χ4n) is 3.13. The number of carbonyl (C=O) groups excluding carboxylic acids is 1. The molecule has 0 aromatic heterocycles. The van der Waals surface area contributed by atoms with Crippen molar-refractivity contribution in [1.29, 1.82) is 0 Å². The van der Waals surface area contributed by atoms with E-state index in [0.717, 1.165) is 0 Å². The molecule has 0 saturated heterocycles. The van der Waals surface area contributed by atoms with E-state index >= 15 is 0 Å². The smallest absolute Gasteiger partial charge is 0.268 e. The predicted octanol–water partition coefficient (Wildman–Crippen LogP) is 3.50. The maximum absolute atomic E-state index is 14.9. The molecule has 0 saturated carbocycles. The number of ether oxygens (including phenoxy) is 1. The van der Waals surface area contributed by atoms with Crippen LogP contribution in [0.3, 0.4) is 0 Å². The van der Waals surface area contributed by atoms with Gasteiger partial charge in [0.1, 0.15) is 17.4 Å². The SMILES string of the molecule is C#CCN1C(=O)[C@@H](C)Oc2ccc(-c3c(C)c(F)c(C)c(P)c3F)cc21. The number of hydrogen-bond acceptors (Lipinski definition) is 2. The molecular formula is C20H18F2NO2P. The Bertz CT molecular complexity index is 936. The third-order valence-corrected chi connectivity index (χ3v) is 5.29. The van der Waals surface area contributed by atoms with Crippen LogP contribution in [0.15, 0.2) is 18.2 Å². The maximum atomic E-state index is 14.9. The third-order valence-electron chi connectivity index (χ3n) is 4.60. The summed E-state index contributed by atoms with van der Waals surface area (Å²) in [6.45, 7) is 4.78. The van der Waals surface area contributed by atoms with Crippen LogP contribution in [-0.2, 0) is 4.79 Å². The summed E-state index contributed by atoms with van der Waals surface area (Å²) in [6, 6.07) is 4.91. The van der Waals surface area contributed by atoms with Crippen LogP contribution in [0.4, 0.5) is 14.5 Å². The topological polar surface area (TPSA) is 29.5 Å². The first kappa shape index (κ1) is 18.4. The Kier molecular flexibility index (Phi) is 4.73. The van der Waals surface area contributed by atoms with Crippen molar-refractivity contribution in [3.8, 4) is 29.2 Å². The number of terminal acetylenes is 1. The van der Waals surface area contributed by atoms with Gasteiger partial charge in [0, 0.05) is 10.9 Å². The molecule has 1 heterocycles. The molecule has 1 aliphatic heterocycles. The van der Waals surface area contributed by atoms with Gasteiger partial charge in [-0.1, -0.05) is 12.0 Å². The lowest BCUT2D eigenvalue weighted by Crippen LogP contribution is -2.44.